The molecule has 8 heteroatoms. The van der Waals surface area contributed by atoms with Gasteiger partial charge < -0.3 is 5.43 Å². The minimum atomic E-state index is -3.68. The zero-order valence-corrected chi connectivity index (χ0v) is 10.1. The molecule has 0 unspecified atom stereocenters. The van der Waals surface area contributed by atoms with Crippen LogP contribution in [0, 0.1) is 0 Å². The molecule has 0 aliphatic rings. The van der Waals surface area contributed by atoms with Gasteiger partial charge in [0.2, 0.25) is 0 Å². The van der Waals surface area contributed by atoms with Gasteiger partial charge in [0.05, 0.1) is 0 Å². The maximum absolute atomic E-state index is 12.0. The van der Waals surface area contributed by atoms with Crippen molar-refractivity contribution in [2.24, 2.45) is 5.84 Å². The van der Waals surface area contributed by atoms with Crippen LogP contribution in [0.15, 0.2) is 47.6 Å². The van der Waals surface area contributed by atoms with Crippen LogP contribution in [0.5, 0.6) is 0 Å². The fraction of sp³-hybridized carbons (Fsp3) is 0. The third kappa shape index (κ3) is 2.73. The first-order valence-electron chi connectivity index (χ1n) is 4.98. The van der Waals surface area contributed by atoms with E-state index in [1.54, 1.807) is 18.2 Å². The van der Waals surface area contributed by atoms with Crippen molar-refractivity contribution in [2.45, 2.75) is 4.90 Å². The number of hydrogen-bond acceptors (Lipinski definition) is 6. The van der Waals surface area contributed by atoms with Crippen LogP contribution in [-0.2, 0) is 10.0 Å². The number of nitrogens with one attached hydrogen (secondary N) is 2. The number of sulfonamides is 1. The van der Waals surface area contributed by atoms with Crippen molar-refractivity contribution in [1.82, 2.24) is 9.97 Å². The third-order valence-electron chi connectivity index (χ3n) is 2.10. The average Bonchev–Trinajstić information content (AvgIpc) is 2.39. The molecule has 2 aromatic heterocycles. The van der Waals surface area contributed by atoms with Crippen LogP contribution in [-0.4, -0.2) is 18.4 Å². The number of hydrazine groups is 1. The van der Waals surface area contributed by atoms with Gasteiger partial charge in [-0.05, 0) is 24.3 Å². The van der Waals surface area contributed by atoms with E-state index < -0.39 is 10.0 Å². The zero-order chi connectivity index (χ0) is 13.0. The van der Waals surface area contributed by atoms with Crippen molar-refractivity contribution in [3.63, 3.8) is 0 Å². The standard InChI is InChI=1S/C10H11N5O2S/c11-14-9-5-4-8(7-13-9)18(16,17)15-10-3-1-2-6-12-10/h1-7H,11H2,(H,12,15)(H,13,14). The summed E-state index contributed by atoms with van der Waals surface area (Å²) in [6.07, 6.45) is 2.71. The molecule has 0 aliphatic heterocycles. The molecule has 94 valence electrons. The Labute approximate surface area is 104 Å². The maximum Gasteiger partial charge on any atom is 0.264 e. The molecule has 0 aromatic carbocycles. The zero-order valence-electron chi connectivity index (χ0n) is 9.24. The molecular formula is C10H11N5O2S. The van der Waals surface area contributed by atoms with E-state index in [1.165, 1.54) is 24.5 Å². The van der Waals surface area contributed by atoms with E-state index in [-0.39, 0.29) is 10.7 Å². The summed E-state index contributed by atoms with van der Waals surface area (Å²) in [5.41, 5.74) is 2.32. The van der Waals surface area contributed by atoms with Crippen LogP contribution < -0.4 is 16.0 Å². The second-order valence-electron chi connectivity index (χ2n) is 3.34. The molecule has 0 atom stereocenters. The Bertz CT molecular complexity index is 612. The summed E-state index contributed by atoms with van der Waals surface area (Å²) in [6, 6.07) is 7.80. The highest BCUT2D eigenvalue weighted by atomic mass is 32.2. The summed E-state index contributed by atoms with van der Waals surface area (Å²) < 4.78 is 26.3. The monoisotopic (exact) mass is 265 g/mol. The predicted octanol–water partition coefficient (Wildman–Crippen LogP) is 0.563. The van der Waals surface area contributed by atoms with E-state index in [1.807, 2.05) is 0 Å². The topological polar surface area (TPSA) is 110 Å². The van der Waals surface area contributed by atoms with Crippen molar-refractivity contribution < 1.29 is 8.42 Å². The number of nitrogen functional groups attached to an aromatic ring is 1. The highest BCUT2D eigenvalue weighted by molar-refractivity contribution is 7.92. The second-order valence-corrected chi connectivity index (χ2v) is 5.03. The Morgan fingerprint density at radius 2 is 1.89 bits per heavy atom. The summed E-state index contributed by atoms with van der Waals surface area (Å²) in [5, 5.41) is 0. The molecule has 2 heterocycles. The SMILES string of the molecule is NNc1ccc(S(=O)(=O)Nc2ccccn2)cn1. The van der Waals surface area contributed by atoms with Gasteiger partial charge in [-0.3, -0.25) is 4.72 Å². The van der Waals surface area contributed by atoms with Gasteiger partial charge in [0.15, 0.2) is 0 Å². The van der Waals surface area contributed by atoms with E-state index in [0.29, 0.717) is 5.82 Å². The molecular weight excluding hydrogens is 254 g/mol. The fourth-order valence-corrected chi connectivity index (χ4v) is 2.20. The lowest BCUT2D eigenvalue weighted by Crippen LogP contribution is -2.15. The molecule has 0 saturated carbocycles. The van der Waals surface area contributed by atoms with Gasteiger partial charge in [0, 0.05) is 12.4 Å². The van der Waals surface area contributed by atoms with Gasteiger partial charge in [0.1, 0.15) is 16.5 Å². The first-order chi connectivity index (χ1) is 8.62. The summed E-state index contributed by atoms with van der Waals surface area (Å²) >= 11 is 0. The highest BCUT2D eigenvalue weighted by Crippen LogP contribution is 2.14. The van der Waals surface area contributed by atoms with Crippen LogP contribution in [0.25, 0.3) is 0 Å². The van der Waals surface area contributed by atoms with Crippen LogP contribution in [0.3, 0.4) is 0 Å². The lowest BCUT2D eigenvalue weighted by molar-refractivity contribution is 0.600. The van der Waals surface area contributed by atoms with Gasteiger partial charge in [-0.1, -0.05) is 6.07 Å². The number of hydrogen-bond donors (Lipinski definition) is 3. The molecule has 0 aliphatic carbocycles. The Morgan fingerprint density at radius 3 is 2.44 bits per heavy atom. The minimum Gasteiger partial charge on any atom is -0.308 e. The van der Waals surface area contributed by atoms with Gasteiger partial charge in [-0.2, -0.15) is 0 Å². The number of rotatable bonds is 4. The smallest absolute Gasteiger partial charge is 0.264 e. The summed E-state index contributed by atoms with van der Waals surface area (Å²) in [6.45, 7) is 0. The molecule has 0 spiro atoms. The summed E-state index contributed by atoms with van der Waals surface area (Å²) in [7, 11) is -3.68. The lowest BCUT2D eigenvalue weighted by Gasteiger charge is -2.07. The first kappa shape index (κ1) is 12.3. The molecule has 0 amide bonds. The number of nitrogens with two attached hydrogens (primary N) is 1. The van der Waals surface area contributed by atoms with Crippen molar-refractivity contribution >= 4 is 21.7 Å². The number of nitrogens with zero attached hydrogens (tertiary/aromatic N) is 2. The quantitative estimate of drug-likeness (QED) is 0.550. The molecule has 4 N–H and O–H groups in total. The Kier molecular flexibility index (Phi) is 3.40. The molecule has 7 nitrogen and oxygen atoms in total. The molecule has 2 rings (SSSR count). The van der Waals surface area contributed by atoms with Gasteiger partial charge >= 0.3 is 0 Å². The van der Waals surface area contributed by atoms with Crippen LogP contribution >= 0.6 is 0 Å². The van der Waals surface area contributed by atoms with Crippen LogP contribution in [0.1, 0.15) is 0 Å². The van der Waals surface area contributed by atoms with E-state index in [9.17, 15) is 8.42 Å². The number of anilines is 2. The first-order valence-corrected chi connectivity index (χ1v) is 6.47. The van der Waals surface area contributed by atoms with E-state index in [0.717, 1.165) is 0 Å². The molecule has 0 radical (unpaired) electrons. The van der Waals surface area contributed by atoms with E-state index >= 15 is 0 Å². The summed E-state index contributed by atoms with van der Waals surface area (Å²) in [4.78, 5) is 7.74. The maximum atomic E-state index is 12.0. The number of pyridine rings is 2. The largest absolute Gasteiger partial charge is 0.308 e. The number of aromatic nitrogens is 2. The Hall–Kier alpha value is -2.19. The third-order valence-corrected chi connectivity index (χ3v) is 3.44. The van der Waals surface area contributed by atoms with E-state index in [4.69, 9.17) is 5.84 Å². The lowest BCUT2D eigenvalue weighted by atomic mass is 10.5. The Balaban J connectivity index is 2.25. The van der Waals surface area contributed by atoms with Crippen molar-refractivity contribution in [3.8, 4) is 0 Å². The molecule has 0 fully saturated rings. The summed E-state index contributed by atoms with van der Waals surface area (Å²) in [5.74, 6) is 5.77. The normalized spacial score (nSPS) is 10.9. The molecule has 18 heavy (non-hydrogen) atoms. The van der Waals surface area contributed by atoms with Gasteiger partial charge in [0.25, 0.3) is 10.0 Å². The Morgan fingerprint density at radius 1 is 1.06 bits per heavy atom. The second kappa shape index (κ2) is 4.98. The fourth-order valence-electron chi connectivity index (χ4n) is 1.24. The molecule has 0 saturated heterocycles. The van der Waals surface area contributed by atoms with Gasteiger partial charge in [-0.25, -0.2) is 24.2 Å². The van der Waals surface area contributed by atoms with Crippen molar-refractivity contribution in [2.75, 3.05) is 10.1 Å². The van der Waals surface area contributed by atoms with Crippen molar-refractivity contribution in [3.05, 3.63) is 42.7 Å². The molecule has 0 bridgehead atoms. The minimum absolute atomic E-state index is 0.0344. The highest BCUT2D eigenvalue weighted by Gasteiger charge is 2.14. The average molecular weight is 265 g/mol. The van der Waals surface area contributed by atoms with Crippen LogP contribution in [0.4, 0.5) is 11.6 Å². The van der Waals surface area contributed by atoms with Crippen LogP contribution in [0.2, 0.25) is 0 Å². The predicted molar refractivity (Wildman–Crippen MR) is 67.1 cm³/mol. The van der Waals surface area contributed by atoms with E-state index in [2.05, 4.69) is 20.1 Å². The van der Waals surface area contributed by atoms with Crippen molar-refractivity contribution in [1.29, 1.82) is 0 Å². The molecule has 2 aromatic rings. The van der Waals surface area contributed by atoms with Gasteiger partial charge in [-0.15, -0.1) is 0 Å².